The fraction of sp³-hybridized carbons (Fsp3) is 0.188. The fourth-order valence-electron chi connectivity index (χ4n) is 2.54. The zero-order valence-electron chi connectivity index (χ0n) is 12.9. The van der Waals surface area contributed by atoms with E-state index in [9.17, 15) is 18.0 Å². The Morgan fingerprint density at radius 2 is 1.83 bits per heavy atom. The highest BCUT2D eigenvalue weighted by Crippen LogP contribution is 2.20. The molecule has 124 valence electrons. The van der Waals surface area contributed by atoms with Crippen LogP contribution in [0.5, 0.6) is 0 Å². The molecule has 0 fully saturated rings. The maximum atomic E-state index is 12.3. The van der Waals surface area contributed by atoms with Gasteiger partial charge in [-0.25, -0.2) is 13.1 Å². The summed E-state index contributed by atoms with van der Waals surface area (Å²) in [6.45, 7) is 1.58. The predicted octanol–water partition coefficient (Wildman–Crippen LogP) is 0.965. The lowest BCUT2D eigenvalue weighted by atomic mass is 10.2. The van der Waals surface area contributed by atoms with Crippen LogP contribution >= 0.6 is 0 Å². The topological polar surface area (TPSA) is 96.4 Å². The molecule has 1 aromatic heterocycles. The monoisotopic (exact) mass is 345 g/mol. The molecule has 0 radical (unpaired) electrons. The molecule has 1 aliphatic heterocycles. The third-order valence-corrected chi connectivity index (χ3v) is 5.36. The Balaban J connectivity index is 1.69. The van der Waals surface area contributed by atoms with Crippen molar-refractivity contribution >= 4 is 21.8 Å². The second-order valence-corrected chi connectivity index (χ2v) is 7.06. The Morgan fingerprint density at radius 1 is 1.08 bits per heavy atom. The van der Waals surface area contributed by atoms with Gasteiger partial charge in [-0.15, -0.1) is 0 Å². The number of aryl methyl sites for hydroxylation is 1. The molecule has 2 heterocycles. The van der Waals surface area contributed by atoms with E-state index in [0.29, 0.717) is 5.56 Å². The van der Waals surface area contributed by atoms with Gasteiger partial charge in [0, 0.05) is 19.3 Å². The maximum absolute atomic E-state index is 12.3. The molecule has 8 heteroatoms. The van der Waals surface area contributed by atoms with Crippen molar-refractivity contribution in [2.45, 2.75) is 11.8 Å². The van der Waals surface area contributed by atoms with Crippen LogP contribution < -0.4 is 4.72 Å². The molecule has 3 rings (SSSR count). The average molecular weight is 345 g/mol. The van der Waals surface area contributed by atoms with Crippen LogP contribution in [-0.2, 0) is 10.0 Å². The molecule has 0 saturated carbocycles. The highest BCUT2D eigenvalue weighted by molar-refractivity contribution is 7.89. The Labute approximate surface area is 139 Å². The van der Waals surface area contributed by atoms with Gasteiger partial charge in [0.2, 0.25) is 10.0 Å². The lowest BCUT2D eigenvalue weighted by molar-refractivity contribution is 0.0655. The zero-order chi connectivity index (χ0) is 17.3. The summed E-state index contributed by atoms with van der Waals surface area (Å²) >= 11 is 0. The van der Waals surface area contributed by atoms with Crippen LogP contribution in [0.15, 0.2) is 47.5 Å². The van der Waals surface area contributed by atoms with Crippen molar-refractivity contribution in [2.75, 3.05) is 13.1 Å². The summed E-state index contributed by atoms with van der Waals surface area (Å²) in [4.78, 5) is 29.4. The van der Waals surface area contributed by atoms with Gasteiger partial charge >= 0.3 is 0 Å². The van der Waals surface area contributed by atoms with Crippen LogP contribution in [0.1, 0.15) is 26.4 Å². The number of aromatic nitrogens is 1. The number of carbonyl (C=O) groups excluding carboxylic acids is 2. The molecule has 0 atom stereocenters. The number of sulfonamides is 1. The standard InChI is InChI=1S/C16H15N3O4S/c1-11-5-2-3-7-13(11)24(22,23)18-9-10-19-15(20)12-6-4-8-17-14(12)16(19)21/h2-8,18H,9-10H2,1H3. The second-order valence-electron chi connectivity index (χ2n) is 5.32. The first kappa shape index (κ1) is 16.3. The third-order valence-electron chi connectivity index (χ3n) is 3.74. The minimum Gasteiger partial charge on any atom is -0.272 e. The molecule has 1 aliphatic rings. The van der Waals surface area contributed by atoms with E-state index in [0.717, 1.165) is 4.90 Å². The molecule has 2 amide bonds. The summed E-state index contributed by atoms with van der Waals surface area (Å²) in [5, 5.41) is 0. The molecule has 0 bridgehead atoms. The van der Waals surface area contributed by atoms with E-state index in [2.05, 4.69) is 9.71 Å². The second kappa shape index (κ2) is 6.14. The van der Waals surface area contributed by atoms with Crippen molar-refractivity contribution in [3.8, 4) is 0 Å². The van der Waals surface area contributed by atoms with Gasteiger partial charge in [-0.05, 0) is 30.7 Å². The number of benzene rings is 1. The van der Waals surface area contributed by atoms with E-state index >= 15 is 0 Å². The predicted molar refractivity (Wildman–Crippen MR) is 86.0 cm³/mol. The third kappa shape index (κ3) is 2.81. The van der Waals surface area contributed by atoms with Crippen LogP contribution in [-0.4, -0.2) is 43.2 Å². The lowest BCUT2D eigenvalue weighted by Crippen LogP contribution is -2.38. The summed E-state index contributed by atoms with van der Waals surface area (Å²) in [6, 6.07) is 9.69. The van der Waals surface area contributed by atoms with Gasteiger partial charge in [0.15, 0.2) is 0 Å². The van der Waals surface area contributed by atoms with Crippen LogP contribution in [0.2, 0.25) is 0 Å². The Hall–Kier alpha value is -2.58. The smallest absolute Gasteiger partial charge is 0.272 e. The Bertz CT molecular complexity index is 889. The fourth-order valence-corrected chi connectivity index (χ4v) is 3.81. The van der Waals surface area contributed by atoms with Gasteiger partial charge < -0.3 is 0 Å². The van der Waals surface area contributed by atoms with E-state index in [1.54, 1.807) is 31.2 Å². The lowest BCUT2D eigenvalue weighted by Gasteiger charge is -2.14. The number of carbonyl (C=O) groups is 2. The number of amides is 2. The summed E-state index contributed by atoms with van der Waals surface area (Å²) in [5.41, 5.74) is 0.962. The first-order valence-corrected chi connectivity index (χ1v) is 8.76. The van der Waals surface area contributed by atoms with Crippen LogP contribution in [0.25, 0.3) is 0 Å². The molecule has 0 saturated heterocycles. The minimum absolute atomic E-state index is 0.0564. The number of nitrogens with zero attached hydrogens (tertiary/aromatic N) is 2. The van der Waals surface area contributed by atoms with E-state index in [1.807, 2.05) is 0 Å². The molecule has 1 N–H and O–H groups in total. The van der Waals surface area contributed by atoms with Gasteiger partial charge in [0.05, 0.1) is 10.5 Å². The Kier molecular flexibility index (Phi) is 4.16. The quantitative estimate of drug-likeness (QED) is 0.815. The molecule has 0 unspecified atom stereocenters. The molecule has 2 aromatic rings. The first-order chi connectivity index (χ1) is 11.4. The Morgan fingerprint density at radius 3 is 2.54 bits per heavy atom. The zero-order valence-corrected chi connectivity index (χ0v) is 13.7. The highest BCUT2D eigenvalue weighted by Gasteiger charge is 2.36. The maximum Gasteiger partial charge on any atom is 0.280 e. The van der Waals surface area contributed by atoms with Gasteiger partial charge in [0.1, 0.15) is 5.69 Å². The minimum atomic E-state index is -3.70. The number of nitrogens with one attached hydrogen (secondary N) is 1. The molecule has 24 heavy (non-hydrogen) atoms. The van der Waals surface area contributed by atoms with Crippen LogP contribution in [0.3, 0.4) is 0 Å². The molecular formula is C16H15N3O4S. The number of hydrogen-bond donors (Lipinski definition) is 1. The van der Waals surface area contributed by atoms with Crippen molar-refractivity contribution in [1.82, 2.24) is 14.6 Å². The summed E-state index contributed by atoms with van der Waals surface area (Å²) in [6.07, 6.45) is 1.44. The first-order valence-electron chi connectivity index (χ1n) is 7.28. The molecule has 7 nitrogen and oxygen atoms in total. The van der Waals surface area contributed by atoms with Gasteiger partial charge in [-0.2, -0.15) is 0 Å². The van der Waals surface area contributed by atoms with Crippen molar-refractivity contribution in [3.05, 3.63) is 59.4 Å². The molecule has 0 spiro atoms. The van der Waals surface area contributed by atoms with E-state index in [4.69, 9.17) is 0 Å². The molecule has 1 aromatic carbocycles. The molecule has 0 aliphatic carbocycles. The normalized spacial score (nSPS) is 14.1. The van der Waals surface area contributed by atoms with Crippen molar-refractivity contribution < 1.29 is 18.0 Å². The van der Waals surface area contributed by atoms with E-state index in [1.165, 1.54) is 18.3 Å². The van der Waals surface area contributed by atoms with E-state index < -0.39 is 21.8 Å². The van der Waals surface area contributed by atoms with Crippen molar-refractivity contribution in [2.24, 2.45) is 0 Å². The van der Waals surface area contributed by atoms with Gasteiger partial charge in [-0.3, -0.25) is 19.5 Å². The average Bonchev–Trinajstić information content (AvgIpc) is 2.80. The number of hydrogen-bond acceptors (Lipinski definition) is 5. The summed E-state index contributed by atoms with van der Waals surface area (Å²) < 4.78 is 27.0. The molecular weight excluding hydrogens is 330 g/mol. The van der Waals surface area contributed by atoms with E-state index in [-0.39, 0.29) is 29.2 Å². The van der Waals surface area contributed by atoms with Crippen LogP contribution in [0, 0.1) is 6.92 Å². The van der Waals surface area contributed by atoms with Crippen molar-refractivity contribution in [3.63, 3.8) is 0 Å². The van der Waals surface area contributed by atoms with Gasteiger partial charge in [-0.1, -0.05) is 18.2 Å². The number of imide groups is 1. The van der Waals surface area contributed by atoms with Crippen LogP contribution in [0.4, 0.5) is 0 Å². The number of rotatable bonds is 5. The SMILES string of the molecule is Cc1ccccc1S(=O)(=O)NCCN1C(=O)c2cccnc2C1=O. The summed E-state index contributed by atoms with van der Waals surface area (Å²) in [7, 11) is -3.70. The number of fused-ring (bicyclic) bond motifs is 1. The van der Waals surface area contributed by atoms with Gasteiger partial charge in [0.25, 0.3) is 11.8 Å². The number of pyridine rings is 1. The highest BCUT2D eigenvalue weighted by atomic mass is 32.2. The largest absolute Gasteiger partial charge is 0.280 e. The summed E-state index contributed by atoms with van der Waals surface area (Å²) in [5.74, 6) is -0.969. The van der Waals surface area contributed by atoms with Crippen molar-refractivity contribution in [1.29, 1.82) is 0 Å².